The van der Waals surface area contributed by atoms with Gasteiger partial charge in [0.2, 0.25) is 5.82 Å². The Labute approximate surface area is 183 Å². The smallest absolute Gasteiger partial charge is 0.328 e. The number of rotatable bonds is 5. The Morgan fingerprint density at radius 2 is 1.84 bits per heavy atom. The van der Waals surface area contributed by atoms with Crippen molar-refractivity contribution in [1.29, 1.82) is 0 Å². The van der Waals surface area contributed by atoms with Gasteiger partial charge in [-0.2, -0.15) is 4.40 Å². The average molecular weight is 414 g/mol. The summed E-state index contributed by atoms with van der Waals surface area (Å²) in [5, 5.41) is 3.48. The molecule has 0 unspecified atom stereocenters. The summed E-state index contributed by atoms with van der Waals surface area (Å²) in [6.45, 7) is 2.31. The van der Waals surface area contributed by atoms with Gasteiger partial charge in [-0.05, 0) is 55.7 Å². The zero-order valence-electron chi connectivity index (χ0n) is 18.2. The van der Waals surface area contributed by atoms with Gasteiger partial charge in [-0.15, -0.1) is 0 Å². The van der Waals surface area contributed by atoms with Gasteiger partial charge in [0.15, 0.2) is 5.69 Å². The molecule has 6 heteroatoms. The van der Waals surface area contributed by atoms with Crippen LogP contribution in [0, 0.1) is 0 Å². The molecule has 2 N–H and O–H groups in total. The molecule has 0 bridgehead atoms. The summed E-state index contributed by atoms with van der Waals surface area (Å²) in [5.41, 5.74) is 6.61. The van der Waals surface area contributed by atoms with Crippen LogP contribution in [0.25, 0.3) is 16.9 Å². The molecule has 0 aliphatic carbocycles. The molecule has 4 aromatic rings. The summed E-state index contributed by atoms with van der Waals surface area (Å²) in [4.78, 5) is 12.7. The first-order valence-corrected chi connectivity index (χ1v) is 11.0. The fraction of sp³-hybridized carbons (Fsp3) is 0.280. The molecule has 6 nitrogen and oxygen atoms in total. The quantitative estimate of drug-likeness (QED) is 0.469. The molecule has 2 aromatic carbocycles. The second-order valence-electron chi connectivity index (χ2n) is 8.34. The second kappa shape index (κ2) is 8.30. The van der Waals surface area contributed by atoms with Gasteiger partial charge >= 0.3 is 5.65 Å². The van der Waals surface area contributed by atoms with Crippen LogP contribution in [0.1, 0.15) is 19.3 Å². The second-order valence-corrected chi connectivity index (χ2v) is 8.34. The third kappa shape index (κ3) is 3.93. The van der Waals surface area contributed by atoms with Crippen LogP contribution in [-0.2, 0) is 0 Å². The van der Waals surface area contributed by atoms with E-state index >= 15 is 0 Å². The average Bonchev–Trinajstić information content (AvgIpc) is 3.31. The van der Waals surface area contributed by atoms with Crippen LogP contribution in [0.5, 0.6) is 0 Å². The highest BCUT2D eigenvalue weighted by molar-refractivity contribution is 5.71. The lowest BCUT2D eigenvalue weighted by molar-refractivity contribution is -0.497. The van der Waals surface area contributed by atoms with Crippen LogP contribution in [-0.4, -0.2) is 37.2 Å². The minimum atomic E-state index is 0.809. The predicted octanol–water partition coefficient (Wildman–Crippen LogP) is 4.62. The highest BCUT2D eigenvalue weighted by Crippen LogP contribution is 2.26. The van der Waals surface area contributed by atoms with Crippen molar-refractivity contribution in [2.75, 3.05) is 42.3 Å². The van der Waals surface area contributed by atoms with E-state index in [1.165, 1.54) is 24.9 Å². The first-order valence-electron chi connectivity index (χ1n) is 11.0. The lowest BCUT2D eigenvalue weighted by atomic mass is 10.1. The number of piperidine rings is 1. The Hall–Kier alpha value is -3.54. The van der Waals surface area contributed by atoms with Crippen molar-refractivity contribution < 1.29 is 4.40 Å². The Kier molecular flexibility index (Phi) is 5.20. The van der Waals surface area contributed by atoms with E-state index in [0.29, 0.717) is 0 Å². The van der Waals surface area contributed by atoms with E-state index in [0.717, 1.165) is 47.2 Å². The maximum atomic E-state index is 4.75. The normalized spacial score (nSPS) is 14.1. The largest absolute Gasteiger partial charge is 0.378 e. The number of nitrogens with one attached hydrogen (secondary N) is 2. The van der Waals surface area contributed by atoms with E-state index in [1.54, 1.807) is 0 Å². The van der Waals surface area contributed by atoms with E-state index in [9.17, 15) is 0 Å². The van der Waals surface area contributed by atoms with Crippen molar-refractivity contribution in [2.24, 2.45) is 0 Å². The molecule has 1 saturated heterocycles. The van der Waals surface area contributed by atoms with Gasteiger partial charge < -0.3 is 15.1 Å². The molecule has 0 saturated carbocycles. The Bertz CT molecular complexity index is 1170. The Balaban J connectivity index is 1.42. The number of hydrogen-bond acceptors (Lipinski definition) is 4. The molecular formula is C25H29N6+. The topological polar surface area (TPSA) is 51.3 Å². The molecule has 3 heterocycles. The number of H-pyrrole nitrogens is 1. The Morgan fingerprint density at radius 1 is 1.03 bits per heavy atom. The van der Waals surface area contributed by atoms with Crippen molar-refractivity contribution in [2.45, 2.75) is 19.3 Å². The number of hydrogen-bond donors (Lipinski definition) is 2. The maximum Gasteiger partial charge on any atom is 0.328 e. The van der Waals surface area contributed by atoms with Crippen LogP contribution in [0.4, 0.5) is 22.9 Å². The van der Waals surface area contributed by atoms with Gasteiger partial charge in [0, 0.05) is 49.8 Å². The lowest BCUT2D eigenvalue weighted by Crippen LogP contribution is -2.29. The summed E-state index contributed by atoms with van der Waals surface area (Å²) in [7, 11) is 4.11. The molecule has 2 aromatic heterocycles. The number of aromatic nitrogens is 3. The standard InChI is InChI=1S/C25H28N6/c1-29(2)22-8-6-7-19(17-22)23-18-27-24(25-26-13-16-31(23)25)28-20-9-11-21(12-10-20)30-14-4-3-5-15-30/h6-13,16-18H,3-5,14-15H2,1-2H3,(H,27,28)/p+1. The minimum absolute atomic E-state index is 0.809. The van der Waals surface area contributed by atoms with Gasteiger partial charge in [0.1, 0.15) is 12.4 Å². The highest BCUT2D eigenvalue weighted by Gasteiger charge is 2.17. The third-order valence-electron chi connectivity index (χ3n) is 5.99. The molecule has 1 aliphatic heterocycles. The van der Waals surface area contributed by atoms with E-state index in [1.807, 2.05) is 18.6 Å². The molecular weight excluding hydrogens is 384 g/mol. The zero-order valence-corrected chi connectivity index (χ0v) is 18.2. The minimum Gasteiger partial charge on any atom is -0.378 e. The van der Waals surface area contributed by atoms with Crippen LogP contribution in [0.15, 0.2) is 67.1 Å². The lowest BCUT2D eigenvalue weighted by Gasteiger charge is -2.28. The van der Waals surface area contributed by atoms with Crippen LogP contribution in [0.2, 0.25) is 0 Å². The fourth-order valence-corrected chi connectivity index (χ4v) is 4.26. The summed E-state index contributed by atoms with van der Waals surface area (Å²) in [6.07, 6.45) is 9.84. The maximum absolute atomic E-state index is 4.75. The summed E-state index contributed by atoms with van der Waals surface area (Å²) in [5.74, 6) is 0.809. The Morgan fingerprint density at radius 3 is 2.61 bits per heavy atom. The number of aromatic amines is 1. The number of anilines is 4. The van der Waals surface area contributed by atoms with E-state index in [-0.39, 0.29) is 0 Å². The monoisotopic (exact) mass is 413 g/mol. The van der Waals surface area contributed by atoms with Crippen LogP contribution >= 0.6 is 0 Å². The first kappa shape index (κ1) is 19.4. The zero-order chi connectivity index (χ0) is 21.2. The van der Waals surface area contributed by atoms with Gasteiger partial charge in [0.05, 0.1) is 6.20 Å². The summed E-state index contributed by atoms with van der Waals surface area (Å²) >= 11 is 0. The number of nitrogens with zero attached hydrogens (tertiary/aromatic N) is 4. The van der Waals surface area contributed by atoms with Crippen molar-refractivity contribution in [1.82, 2.24) is 9.97 Å². The SMILES string of the molecule is CN(C)c1cccc(-c2cnc(Nc3ccc(N4CCCCC4)cc3)c3[nH]cc[n+]23)c1. The van der Waals surface area contributed by atoms with Crippen LogP contribution < -0.4 is 19.5 Å². The molecule has 5 rings (SSSR count). The molecule has 31 heavy (non-hydrogen) atoms. The molecule has 0 atom stereocenters. The number of benzene rings is 2. The van der Waals surface area contributed by atoms with Crippen molar-refractivity contribution in [3.05, 3.63) is 67.1 Å². The first-order chi connectivity index (χ1) is 15.2. The number of imidazole rings is 1. The molecule has 0 spiro atoms. The van der Waals surface area contributed by atoms with Crippen molar-refractivity contribution in [3.8, 4) is 11.3 Å². The molecule has 1 aliphatic rings. The van der Waals surface area contributed by atoms with E-state index < -0.39 is 0 Å². The summed E-state index contributed by atoms with van der Waals surface area (Å²) < 4.78 is 2.15. The van der Waals surface area contributed by atoms with Crippen molar-refractivity contribution in [3.63, 3.8) is 0 Å². The molecule has 1 fully saturated rings. The molecule has 158 valence electrons. The third-order valence-corrected chi connectivity index (χ3v) is 5.99. The van der Waals surface area contributed by atoms with Crippen molar-refractivity contribution >= 4 is 28.5 Å². The molecule has 0 amide bonds. The van der Waals surface area contributed by atoms with E-state index in [2.05, 4.69) is 87.1 Å². The predicted molar refractivity (Wildman–Crippen MR) is 127 cm³/mol. The van der Waals surface area contributed by atoms with Gasteiger partial charge in [-0.1, -0.05) is 12.1 Å². The number of fused-ring (bicyclic) bond motifs is 1. The fourth-order valence-electron chi connectivity index (χ4n) is 4.26. The van der Waals surface area contributed by atoms with Gasteiger partial charge in [0.25, 0.3) is 0 Å². The van der Waals surface area contributed by atoms with E-state index in [4.69, 9.17) is 4.98 Å². The van der Waals surface area contributed by atoms with Gasteiger partial charge in [-0.3, -0.25) is 0 Å². The summed E-state index contributed by atoms with van der Waals surface area (Å²) in [6, 6.07) is 17.2. The van der Waals surface area contributed by atoms with Gasteiger partial charge in [-0.25, -0.2) is 9.97 Å². The van der Waals surface area contributed by atoms with Crippen LogP contribution in [0.3, 0.4) is 0 Å². The highest BCUT2D eigenvalue weighted by atomic mass is 15.1. The molecule has 0 radical (unpaired) electrons.